The molecular weight excluding hydrogens is 224 g/mol. The summed E-state index contributed by atoms with van der Waals surface area (Å²) in [5.74, 6) is 0.747. The first kappa shape index (κ1) is 13.3. The van der Waals surface area contributed by atoms with Gasteiger partial charge in [-0.3, -0.25) is 4.90 Å². The summed E-state index contributed by atoms with van der Waals surface area (Å²) < 4.78 is 5.24. The Balaban J connectivity index is 2.19. The molecule has 1 aromatic rings. The lowest BCUT2D eigenvalue weighted by Crippen LogP contribution is -2.34. The van der Waals surface area contributed by atoms with E-state index in [0.29, 0.717) is 6.04 Å². The van der Waals surface area contributed by atoms with Gasteiger partial charge in [-0.2, -0.15) is 0 Å². The summed E-state index contributed by atoms with van der Waals surface area (Å²) in [5.41, 5.74) is 2.48. The third-order valence-corrected chi connectivity index (χ3v) is 3.75. The third-order valence-electron chi connectivity index (χ3n) is 3.75. The van der Waals surface area contributed by atoms with Crippen molar-refractivity contribution in [1.29, 1.82) is 0 Å². The molecule has 1 fully saturated rings. The first-order valence-corrected chi connectivity index (χ1v) is 7.00. The lowest BCUT2D eigenvalue weighted by Gasteiger charge is -2.35. The summed E-state index contributed by atoms with van der Waals surface area (Å²) in [6.07, 6.45) is 7.13. The van der Waals surface area contributed by atoms with E-state index in [4.69, 9.17) is 4.74 Å². The minimum absolute atomic E-state index is 0.552. The number of methoxy groups -OCH3 is 1. The molecule has 0 bridgehead atoms. The Morgan fingerprint density at radius 1 is 1.44 bits per heavy atom. The van der Waals surface area contributed by atoms with Gasteiger partial charge in [0.05, 0.1) is 7.11 Å². The Hall–Kier alpha value is -1.09. The summed E-state index contributed by atoms with van der Waals surface area (Å²) >= 11 is 0. The highest BCUT2D eigenvalue weighted by atomic mass is 16.5. The Morgan fingerprint density at radius 2 is 2.28 bits per heavy atom. The van der Waals surface area contributed by atoms with Crippen molar-refractivity contribution in [2.75, 3.05) is 20.2 Å². The number of hydrogen-bond acceptors (Lipinski definition) is 3. The summed E-state index contributed by atoms with van der Waals surface area (Å²) in [5, 5.41) is 0. The van der Waals surface area contributed by atoms with Gasteiger partial charge in [0.25, 0.3) is 0 Å². The molecular formula is C15H24N2O. The number of nitrogens with zero attached hydrogens (tertiary/aromatic N) is 2. The van der Waals surface area contributed by atoms with Crippen LogP contribution in [-0.2, 0) is 0 Å². The van der Waals surface area contributed by atoms with Crippen molar-refractivity contribution in [1.82, 2.24) is 9.88 Å². The van der Waals surface area contributed by atoms with E-state index in [9.17, 15) is 0 Å². The van der Waals surface area contributed by atoms with E-state index in [0.717, 1.165) is 11.4 Å². The van der Waals surface area contributed by atoms with Crippen molar-refractivity contribution >= 4 is 0 Å². The molecule has 0 radical (unpaired) electrons. The average Bonchev–Trinajstić information content (AvgIpc) is 2.40. The van der Waals surface area contributed by atoms with Gasteiger partial charge in [0.1, 0.15) is 0 Å². The van der Waals surface area contributed by atoms with Crippen LogP contribution in [0.3, 0.4) is 0 Å². The number of hydrogen-bond donors (Lipinski definition) is 0. The van der Waals surface area contributed by atoms with Gasteiger partial charge in [0.2, 0.25) is 5.88 Å². The molecule has 3 nitrogen and oxygen atoms in total. The standard InChI is InChI=1S/C15H24N2O/c1-4-8-17-9-6-5-7-14(17)13-10-12(2)15(18-3)16-11-13/h10-11,14H,4-9H2,1-3H3/t14-/m0/s1. The molecule has 18 heavy (non-hydrogen) atoms. The largest absolute Gasteiger partial charge is 0.481 e. The second-order valence-electron chi connectivity index (χ2n) is 5.14. The van der Waals surface area contributed by atoms with Crippen molar-refractivity contribution in [2.45, 2.75) is 45.6 Å². The van der Waals surface area contributed by atoms with Crippen LogP contribution in [0.1, 0.15) is 49.8 Å². The first-order valence-electron chi connectivity index (χ1n) is 7.00. The number of ether oxygens (including phenoxy) is 1. The Kier molecular flexibility index (Phi) is 4.59. The second kappa shape index (κ2) is 6.19. The SMILES string of the molecule is CCCN1CCCC[C@H]1c1cnc(OC)c(C)c1. The summed E-state index contributed by atoms with van der Waals surface area (Å²) in [6, 6.07) is 2.79. The van der Waals surface area contributed by atoms with Gasteiger partial charge in [-0.25, -0.2) is 4.98 Å². The predicted octanol–water partition coefficient (Wildman–Crippen LogP) is 3.34. The van der Waals surface area contributed by atoms with Gasteiger partial charge < -0.3 is 4.74 Å². The van der Waals surface area contributed by atoms with E-state index in [2.05, 4.69) is 29.8 Å². The highest BCUT2D eigenvalue weighted by Gasteiger charge is 2.23. The van der Waals surface area contributed by atoms with Gasteiger partial charge in [-0.05, 0) is 50.9 Å². The summed E-state index contributed by atoms with van der Waals surface area (Å²) in [4.78, 5) is 7.02. The van der Waals surface area contributed by atoms with Crippen LogP contribution in [0, 0.1) is 6.92 Å². The van der Waals surface area contributed by atoms with Crippen molar-refractivity contribution in [2.24, 2.45) is 0 Å². The molecule has 0 unspecified atom stereocenters. The van der Waals surface area contributed by atoms with Gasteiger partial charge in [0.15, 0.2) is 0 Å². The smallest absolute Gasteiger partial charge is 0.215 e. The molecule has 1 saturated heterocycles. The minimum atomic E-state index is 0.552. The molecule has 1 aliphatic rings. The molecule has 1 aromatic heterocycles. The first-order chi connectivity index (χ1) is 8.76. The van der Waals surface area contributed by atoms with Crippen LogP contribution < -0.4 is 4.74 Å². The Morgan fingerprint density at radius 3 is 2.94 bits per heavy atom. The average molecular weight is 248 g/mol. The normalized spacial score (nSPS) is 20.9. The number of piperidine rings is 1. The molecule has 1 aliphatic heterocycles. The summed E-state index contributed by atoms with van der Waals surface area (Å²) in [6.45, 7) is 6.74. The van der Waals surface area contributed by atoms with Crippen molar-refractivity contribution in [3.63, 3.8) is 0 Å². The topological polar surface area (TPSA) is 25.4 Å². The molecule has 3 heteroatoms. The highest BCUT2D eigenvalue weighted by Crippen LogP contribution is 2.32. The Labute approximate surface area is 110 Å². The fourth-order valence-electron chi connectivity index (χ4n) is 2.90. The van der Waals surface area contributed by atoms with Crippen molar-refractivity contribution < 1.29 is 4.74 Å². The minimum Gasteiger partial charge on any atom is -0.481 e. The van der Waals surface area contributed by atoms with Crippen LogP contribution in [-0.4, -0.2) is 30.1 Å². The zero-order chi connectivity index (χ0) is 13.0. The molecule has 0 aromatic carbocycles. The molecule has 0 aliphatic carbocycles. The van der Waals surface area contributed by atoms with E-state index in [1.54, 1.807) is 7.11 Å². The fraction of sp³-hybridized carbons (Fsp3) is 0.667. The summed E-state index contributed by atoms with van der Waals surface area (Å²) in [7, 11) is 1.68. The number of pyridine rings is 1. The van der Waals surface area contributed by atoms with Crippen LogP contribution in [0.5, 0.6) is 5.88 Å². The molecule has 1 atom stereocenters. The van der Waals surface area contributed by atoms with Crippen LogP contribution in [0.15, 0.2) is 12.3 Å². The number of rotatable bonds is 4. The van der Waals surface area contributed by atoms with Crippen LogP contribution >= 0.6 is 0 Å². The second-order valence-corrected chi connectivity index (χ2v) is 5.14. The monoisotopic (exact) mass is 248 g/mol. The molecule has 0 spiro atoms. The maximum atomic E-state index is 5.24. The third kappa shape index (κ3) is 2.83. The maximum absolute atomic E-state index is 5.24. The molecule has 0 N–H and O–H groups in total. The van der Waals surface area contributed by atoms with Gasteiger partial charge in [-0.15, -0.1) is 0 Å². The van der Waals surface area contributed by atoms with E-state index >= 15 is 0 Å². The maximum Gasteiger partial charge on any atom is 0.215 e. The van der Waals surface area contributed by atoms with Crippen LogP contribution in [0.25, 0.3) is 0 Å². The van der Waals surface area contributed by atoms with Crippen molar-refractivity contribution in [3.8, 4) is 5.88 Å². The van der Waals surface area contributed by atoms with Crippen LogP contribution in [0.2, 0.25) is 0 Å². The van der Waals surface area contributed by atoms with Gasteiger partial charge >= 0.3 is 0 Å². The van der Waals surface area contributed by atoms with E-state index in [1.807, 2.05) is 6.20 Å². The molecule has 2 rings (SSSR count). The molecule has 2 heterocycles. The number of aromatic nitrogens is 1. The molecule has 0 saturated carbocycles. The van der Waals surface area contributed by atoms with Crippen LogP contribution in [0.4, 0.5) is 0 Å². The highest BCUT2D eigenvalue weighted by molar-refractivity contribution is 5.30. The lowest BCUT2D eigenvalue weighted by molar-refractivity contribution is 0.148. The predicted molar refractivity (Wildman–Crippen MR) is 74.0 cm³/mol. The number of aryl methyl sites for hydroxylation is 1. The number of likely N-dealkylation sites (tertiary alicyclic amines) is 1. The van der Waals surface area contributed by atoms with E-state index in [-0.39, 0.29) is 0 Å². The van der Waals surface area contributed by atoms with Gasteiger partial charge in [-0.1, -0.05) is 13.3 Å². The van der Waals surface area contributed by atoms with E-state index < -0.39 is 0 Å². The van der Waals surface area contributed by atoms with Gasteiger partial charge in [0, 0.05) is 17.8 Å². The van der Waals surface area contributed by atoms with Crippen molar-refractivity contribution in [3.05, 3.63) is 23.4 Å². The molecule has 0 amide bonds. The zero-order valence-corrected chi connectivity index (χ0v) is 11.8. The quantitative estimate of drug-likeness (QED) is 0.817. The zero-order valence-electron chi connectivity index (χ0n) is 11.8. The lowest BCUT2D eigenvalue weighted by atomic mass is 9.95. The fourth-order valence-corrected chi connectivity index (χ4v) is 2.90. The van der Waals surface area contributed by atoms with E-state index in [1.165, 1.54) is 44.3 Å². The Bertz CT molecular complexity index is 390. The molecule has 100 valence electrons.